The van der Waals surface area contributed by atoms with Gasteiger partial charge in [0.05, 0.1) is 0 Å². The molecule has 0 radical (unpaired) electrons. The summed E-state index contributed by atoms with van der Waals surface area (Å²) < 4.78 is 4.73. The fourth-order valence-corrected chi connectivity index (χ4v) is 1.71. The molecule has 2 unspecified atom stereocenters. The van der Waals surface area contributed by atoms with E-state index in [0.717, 1.165) is 0 Å². The number of ether oxygens (including phenoxy) is 1. The molecular formula is C13H20N2O6. The number of nitrogens with one attached hydrogen (secondary N) is 1. The second-order valence-corrected chi connectivity index (χ2v) is 4.90. The third-order valence-electron chi connectivity index (χ3n) is 2.85. The highest BCUT2D eigenvalue weighted by molar-refractivity contribution is 5.84. The van der Waals surface area contributed by atoms with E-state index in [2.05, 4.69) is 11.9 Å². The molecule has 8 heteroatoms. The Kier molecular flexibility index (Phi) is 6.16. The monoisotopic (exact) mass is 300 g/mol. The first-order valence-electron chi connectivity index (χ1n) is 6.63. The van der Waals surface area contributed by atoms with Gasteiger partial charge in [-0.15, -0.1) is 5.06 Å². The number of rotatable bonds is 6. The quantitative estimate of drug-likeness (QED) is 0.685. The van der Waals surface area contributed by atoms with Gasteiger partial charge in [0.2, 0.25) is 0 Å². The highest BCUT2D eigenvalue weighted by Gasteiger charge is 2.36. The van der Waals surface area contributed by atoms with Crippen LogP contribution in [0.5, 0.6) is 0 Å². The van der Waals surface area contributed by atoms with Gasteiger partial charge in [0.15, 0.2) is 6.23 Å². The molecule has 0 spiro atoms. The number of nitrogens with zero attached hydrogens (tertiary/aromatic N) is 1. The van der Waals surface area contributed by atoms with E-state index in [0.29, 0.717) is 5.06 Å². The molecule has 8 nitrogen and oxygen atoms in total. The molecule has 118 valence electrons. The Morgan fingerprint density at radius 3 is 2.71 bits per heavy atom. The number of aliphatic hydroxyl groups is 1. The summed E-state index contributed by atoms with van der Waals surface area (Å²) in [6, 6.07) is -0.997. The van der Waals surface area contributed by atoms with Crippen molar-refractivity contribution in [3.8, 4) is 0 Å². The van der Waals surface area contributed by atoms with Crippen LogP contribution >= 0.6 is 0 Å². The molecule has 0 aromatic carbocycles. The van der Waals surface area contributed by atoms with Gasteiger partial charge in [0.25, 0.3) is 5.91 Å². The molecule has 1 aliphatic rings. The van der Waals surface area contributed by atoms with Gasteiger partial charge in [-0.3, -0.25) is 4.79 Å². The van der Waals surface area contributed by atoms with Crippen molar-refractivity contribution in [2.45, 2.75) is 39.0 Å². The summed E-state index contributed by atoms with van der Waals surface area (Å²) in [7, 11) is 0. The van der Waals surface area contributed by atoms with Gasteiger partial charge in [0.1, 0.15) is 12.6 Å². The van der Waals surface area contributed by atoms with Crippen LogP contribution in [-0.4, -0.2) is 47.0 Å². The Morgan fingerprint density at radius 1 is 1.57 bits per heavy atom. The Morgan fingerprint density at radius 2 is 2.24 bits per heavy atom. The molecule has 0 aromatic heterocycles. The topological polar surface area (TPSA) is 105 Å². The molecule has 0 bridgehead atoms. The maximum Gasteiger partial charge on any atom is 0.408 e. The van der Waals surface area contributed by atoms with Gasteiger partial charge in [-0.1, -0.05) is 26.5 Å². The highest BCUT2D eigenvalue weighted by Crippen LogP contribution is 2.18. The number of carbonyl (C=O) groups is 3. The smallest absolute Gasteiger partial charge is 0.408 e. The van der Waals surface area contributed by atoms with Gasteiger partial charge in [-0.2, -0.15) is 0 Å². The van der Waals surface area contributed by atoms with E-state index >= 15 is 0 Å². The average molecular weight is 300 g/mol. The second kappa shape index (κ2) is 7.63. The van der Waals surface area contributed by atoms with E-state index in [4.69, 9.17) is 9.57 Å². The molecule has 0 aromatic rings. The van der Waals surface area contributed by atoms with Crippen LogP contribution < -0.4 is 5.32 Å². The fraction of sp³-hybridized carbons (Fsp3) is 0.615. The summed E-state index contributed by atoms with van der Waals surface area (Å²) in [5, 5.41) is 12.5. The van der Waals surface area contributed by atoms with Gasteiger partial charge in [0, 0.05) is 12.8 Å². The summed E-state index contributed by atoms with van der Waals surface area (Å²) in [6.45, 7) is 6.80. The first kappa shape index (κ1) is 17.0. The molecule has 0 aliphatic carbocycles. The lowest BCUT2D eigenvalue weighted by Gasteiger charge is -2.24. The lowest BCUT2D eigenvalue weighted by Crippen LogP contribution is -2.48. The third-order valence-corrected chi connectivity index (χ3v) is 2.85. The average Bonchev–Trinajstić information content (AvgIpc) is 2.73. The van der Waals surface area contributed by atoms with Crippen molar-refractivity contribution in [2.75, 3.05) is 6.61 Å². The first-order chi connectivity index (χ1) is 9.86. The molecule has 1 heterocycles. The predicted octanol–water partition coefficient (Wildman–Crippen LogP) is 0.322. The molecule has 2 atom stereocenters. The van der Waals surface area contributed by atoms with E-state index in [1.807, 2.05) is 0 Å². The molecule has 1 saturated heterocycles. The lowest BCUT2D eigenvalue weighted by atomic mass is 10.1. The lowest BCUT2D eigenvalue weighted by molar-refractivity contribution is -0.222. The summed E-state index contributed by atoms with van der Waals surface area (Å²) >= 11 is 0. The third kappa shape index (κ3) is 4.75. The molecule has 1 rings (SSSR count). The van der Waals surface area contributed by atoms with Crippen molar-refractivity contribution >= 4 is 18.0 Å². The Balaban J connectivity index is 2.63. The van der Waals surface area contributed by atoms with E-state index < -0.39 is 30.2 Å². The van der Waals surface area contributed by atoms with Crippen LogP contribution in [0, 0.1) is 5.92 Å². The normalized spacial score (nSPS) is 19.3. The van der Waals surface area contributed by atoms with Crippen LogP contribution in [0.3, 0.4) is 0 Å². The van der Waals surface area contributed by atoms with Crippen LogP contribution in [0.1, 0.15) is 26.7 Å². The summed E-state index contributed by atoms with van der Waals surface area (Å²) in [5.41, 5.74) is 0. The van der Waals surface area contributed by atoms with Crippen LogP contribution in [-0.2, 0) is 19.2 Å². The molecular weight excluding hydrogens is 280 g/mol. The standard InChI is InChI=1S/C13H20N2O6/c1-4-7-20-13(19)14-11(8(2)3)12(18)21-15-9(16)5-6-10(15)17/h4,8-9,11,16H,1,5-7H2,2-3H3,(H,14,19). The summed E-state index contributed by atoms with van der Waals surface area (Å²) in [5.74, 6) is -1.61. The van der Waals surface area contributed by atoms with E-state index in [1.54, 1.807) is 13.8 Å². The first-order valence-corrected chi connectivity index (χ1v) is 6.63. The Hall–Kier alpha value is -2.09. The zero-order valence-electron chi connectivity index (χ0n) is 12.1. The van der Waals surface area contributed by atoms with Crippen molar-refractivity contribution in [3.05, 3.63) is 12.7 Å². The Labute approximate surface area is 122 Å². The second-order valence-electron chi connectivity index (χ2n) is 4.90. The molecule has 2 amide bonds. The van der Waals surface area contributed by atoms with Gasteiger partial charge >= 0.3 is 12.1 Å². The van der Waals surface area contributed by atoms with Crippen LogP contribution in [0.15, 0.2) is 12.7 Å². The number of alkyl carbamates (subject to hydrolysis) is 1. The number of aliphatic hydroxyl groups excluding tert-OH is 1. The van der Waals surface area contributed by atoms with Gasteiger partial charge < -0.3 is 20.0 Å². The zero-order valence-corrected chi connectivity index (χ0v) is 12.1. The number of hydrogen-bond donors (Lipinski definition) is 2. The highest BCUT2D eigenvalue weighted by atomic mass is 16.7. The number of carbonyl (C=O) groups excluding carboxylic acids is 3. The van der Waals surface area contributed by atoms with Crippen molar-refractivity contribution in [1.82, 2.24) is 10.4 Å². The predicted molar refractivity (Wildman–Crippen MR) is 71.5 cm³/mol. The van der Waals surface area contributed by atoms with Crippen molar-refractivity contribution in [3.63, 3.8) is 0 Å². The van der Waals surface area contributed by atoms with E-state index in [1.165, 1.54) is 6.08 Å². The van der Waals surface area contributed by atoms with E-state index in [9.17, 15) is 19.5 Å². The van der Waals surface area contributed by atoms with Crippen molar-refractivity contribution in [2.24, 2.45) is 5.92 Å². The van der Waals surface area contributed by atoms with Gasteiger partial charge in [-0.05, 0) is 5.92 Å². The minimum atomic E-state index is -1.15. The van der Waals surface area contributed by atoms with E-state index in [-0.39, 0.29) is 25.4 Å². The van der Waals surface area contributed by atoms with Crippen molar-refractivity contribution in [1.29, 1.82) is 0 Å². The van der Waals surface area contributed by atoms with Crippen LogP contribution in [0.4, 0.5) is 4.79 Å². The minimum absolute atomic E-state index is 0.00895. The molecule has 2 N–H and O–H groups in total. The zero-order chi connectivity index (χ0) is 16.0. The molecule has 0 saturated carbocycles. The van der Waals surface area contributed by atoms with Crippen LogP contribution in [0.25, 0.3) is 0 Å². The summed E-state index contributed by atoms with van der Waals surface area (Å²) in [6.07, 6.45) is -0.245. The van der Waals surface area contributed by atoms with Gasteiger partial charge in [-0.25, -0.2) is 9.59 Å². The molecule has 1 fully saturated rings. The van der Waals surface area contributed by atoms with Crippen LogP contribution in [0.2, 0.25) is 0 Å². The minimum Gasteiger partial charge on any atom is -0.445 e. The maximum atomic E-state index is 12.0. The fourth-order valence-electron chi connectivity index (χ4n) is 1.71. The van der Waals surface area contributed by atoms with Crippen molar-refractivity contribution < 1.29 is 29.1 Å². The number of amides is 2. The molecule has 21 heavy (non-hydrogen) atoms. The molecule has 1 aliphatic heterocycles. The maximum absolute atomic E-state index is 12.0. The Bertz CT molecular complexity index is 423. The largest absolute Gasteiger partial charge is 0.445 e. The summed E-state index contributed by atoms with van der Waals surface area (Å²) in [4.78, 5) is 39.8. The number of hydroxylamine groups is 2. The number of hydrogen-bond acceptors (Lipinski definition) is 6. The SMILES string of the molecule is C=CCOC(=O)NC(C(=O)ON1C(=O)CCC1O)C(C)C.